The Hall–Kier alpha value is -2.76. The highest BCUT2D eigenvalue weighted by Crippen LogP contribution is 2.45. The summed E-state index contributed by atoms with van der Waals surface area (Å²) in [5.41, 5.74) is 4.02. The summed E-state index contributed by atoms with van der Waals surface area (Å²) in [4.78, 5) is 27.6. The third-order valence-corrected chi connectivity index (χ3v) is 7.78. The zero-order valence-electron chi connectivity index (χ0n) is 19.9. The molecular formula is C29H34N2O3. The van der Waals surface area contributed by atoms with E-state index < -0.39 is 0 Å². The molecule has 178 valence electrons. The molecule has 2 aromatic carbocycles. The van der Waals surface area contributed by atoms with Gasteiger partial charge >= 0.3 is 5.97 Å². The van der Waals surface area contributed by atoms with E-state index in [0.29, 0.717) is 29.5 Å². The molecule has 6 fully saturated rings. The van der Waals surface area contributed by atoms with Gasteiger partial charge in [0.05, 0.1) is 7.11 Å². The average Bonchev–Trinajstić information content (AvgIpc) is 2.88. The quantitative estimate of drug-likeness (QED) is 0.502. The second-order valence-corrected chi connectivity index (χ2v) is 10.2. The fourth-order valence-corrected chi connectivity index (χ4v) is 5.99. The van der Waals surface area contributed by atoms with Crippen LogP contribution in [0.15, 0.2) is 72.3 Å². The number of nitrogens with zero attached hydrogens (tertiary/aromatic N) is 2. The van der Waals surface area contributed by atoms with Gasteiger partial charge in [0.25, 0.3) is 0 Å². The number of carbonyl (C=O) groups excluding carboxylic acids is 2. The van der Waals surface area contributed by atoms with Crippen molar-refractivity contribution < 1.29 is 14.3 Å². The van der Waals surface area contributed by atoms with E-state index in [1.54, 1.807) is 6.08 Å². The van der Waals surface area contributed by atoms with E-state index in [1.807, 2.05) is 12.1 Å². The van der Waals surface area contributed by atoms with Crippen LogP contribution in [-0.4, -0.2) is 54.8 Å². The molecule has 4 heterocycles. The molecule has 0 N–H and O–H groups in total. The van der Waals surface area contributed by atoms with E-state index in [9.17, 15) is 9.59 Å². The third kappa shape index (κ3) is 5.16. The molecule has 4 atom stereocenters. The SMILES string of the molecule is COC(=O)C=C1C2CC1CN(Cc1ccccc1)C2.O=C1C2CC1CN(Cc1ccccc1)C2. The lowest BCUT2D eigenvalue weighted by molar-refractivity contribution is -0.143. The monoisotopic (exact) mass is 458 g/mol. The van der Waals surface area contributed by atoms with Crippen LogP contribution < -0.4 is 0 Å². The summed E-state index contributed by atoms with van der Waals surface area (Å²) in [5.74, 6) is 2.13. The first-order valence-corrected chi connectivity index (χ1v) is 12.4. The number of ketones is 1. The summed E-state index contributed by atoms with van der Waals surface area (Å²) < 4.78 is 4.72. The lowest BCUT2D eigenvalue weighted by Crippen LogP contribution is -2.55. The van der Waals surface area contributed by atoms with Gasteiger partial charge in [-0.1, -0.05) is 66.2 Å². The fraction of sp³-hybridized carbons (Fsp3) is 0.448. The molecule has 0 radical (unpaired) electrons. The van der Waals surface area contributed by atoms with Crippen LogP contribution >= 0.6 is 0 Å². The molecular weight excluding hydrogens is 424 g/mol. The van der Waals surface area contributed by atoms with Crippen molar-refractivity contribution in [1.29, 1.82) is 0 Å². The topological polar surface area (TPSA) is 49.9 Å². The van der Waals surface area contributed by atoms with Crippen LogP contribution in [0.5, 0.6) is 0 Å². The summed E-state index contributed by atoms with van der Waals surface area (Å²) in [6.07, 6.45) is 4.08. The summed E-state index contributed by atoms with van der Waals surface area (Å²) in [7, 11) is 1.44. The molecule has 34 heavy (non-hydrogen) atoms. The van der Waals surface area contributed by atoms with Gasteiger partial charge in [-0.2, -0.15) is 0 Å². The van der Waals surface area contributed by atoms with E-state index in [0.717, 1.165) is 45.7 Å². The second-order valence-electron chi connectivity index (χ2n) is 10.2. The molecule has 2 aliphatic carbocycles. The lowest BCUT2D eigenvalue weighted by Gasteiger charge is -2.49. The average molecular weight is 459 g/mol. The van der Waals surface area contributed by atoms with Gasteiger partial charge in [0.1, 0.15) is 5.78 Å². The molecule has 2 aromatic rings. The highest BCUT2D eigenvalue weighted by molar-refractivity contribution is 5.90. The van der Waals surface area contributed by atoms with E-state index in [4.69, 9.17) is 4.74 Å². The van der Waals surface area contributed by atoms with E-state index >= 15 is 0 Å². The molecule has 0 amide bonds. The summed E-state index contributed by atoms with van der Waals surface area (Å²) >= 11 is 0. The minimum absolute atomic E-state index is 0.207. The van der Waals surface area contributed by atoms with Crippen LogP contribution in [0.2, 0.25) is 0 Å². The van der Waals surface area contributed by atoms with Gasteiger partial charge in [-0.25, -0.2) is 4.79 Å². The van der Waals surface area contributed by atoms with Crippen LogP contribution in [0, 0.1) is 23.7 Å². The Bertz CT molecular complexity index is 1010. The highest BCUT2D eigenvalue weighted by Gasteiger charge is 2.45. The van der Waals surface area contributed by atoms with Gasteiger partial charge in [0.15, 0.2) is 0 Å². The molecule has 5 nitrogen and oxygen atoms in total. The molecule has 4 saturated heterocycles. The van der Waals surface area contributed by atoms with Crippen molar-refractivity contribution in [1.82, 2.24) is 9.80 Å². The molecule has 8 rings (SSSR count). The Morgan fingerprint density at radius 1 is 0.794 bits per heavy atom. The van der Waals surface area contributed by atoms with Crippen molar-refractivity contribution in [3.05, 3.63) is 83.4 Å². The smallest absolute Gasteiger partial charge is 0.330 e. The van der Waals surface area contributed by atoms with E-state index in [-0.39, 0.29) is 5.97 Å². The Morgan fingerprint density at radius 2 is 1.24 bits per heavy atom. The number of hydrogen-bond acceptors (Lipinski definition) is 5. The Balaban J connectivity index is 0.000000145. The van der Waals surface area contributed by atoms with Gasteiger partial charge in [-0.15, -0.1) is 0 Å². The maximum absolute atomic E-state index is 11.4. The van der Waals surface area contributed by atoms with Gasteiger partial charge < -0.3 is 4.74 Å². The fourth-order valence-electron chi connectivity index (χ4n) is 5.99. The molecule has 5 heteroatoms. The predicted octanol–water partition coefficient (Wildman–Crippen LogP) is 3.95. The normalized spacial score (nSPS) is 27.6. The van der Waals surface area contributed by atoms with Gasteiger partial charge in [0.2, 0.25) is 0 Å². The van der Waals surface area contributed by atoms with Crippen molar-refractivity contribution in [2.45, 2.75) is 25.9 Å². The van der Waals surface area contributed by atoms with Crippen molar-refractivity contribution in [3.8, 4) is 0 Å². The van der Waals surface area contributed by atoms with Crippen molar-refractivity contribution in [3.63, 3.8) is 0 Å². The Labute approximate surface area is 202 Å². The predicted molar refractivity (Wildman–Crippen MR) is 132 cm³/mol. The second kappa shape index (κ2) is 10.2. The minimum Gasteiger partial charge on any atom is -0.466 e. The summed E-state index contributed by atoms with van der Waals surface area (Å²) in [6, 6.07) is 21.1. The molecule has 4 unspecified atom stereocenters. The van der Waals surface area contributed by atoms with Crippen molar-refractivity contribution >= 4 is 11.8 Å². The lowest BCUT2D eigenvalue weighted by atomic mass is 9.66. The number of Topliss-reactive ketones (excluding diaryl/α,β-unsaturated/α-hetero) is 1. The number of rotatable bonds is 5. The van der Waals surface area contributed by atoms with Crippen molar-refractivity contribution in [2.75, 3.05) is 33.3 Å². The summed E-state index contributed by atoms with van der Waals surface area (Å²) in [5, 5.41) is 0. The third-order valence-electron chi connectivity index (χ3n) is 7.78. The number of ether oxygens (including phenoxy) is 1. The standard InChI is InChI=1S/C16H19NO2.C13H15NO/c1-19-16(18)8-15-13-7-14(15)11-17(10-13)9-12-5-3-2-4-6-12;15-13-11-6-12(13)9-14(8-11)7-10-4-2-1-3-5-10/h2-6,8,13-14H,7,9-11H2,1H3;1-5,11-12H,6-9H2. The maximum atomic E-state index is 11.4. The molecule has 4 bridgehead atoms. The molecule has 2 saturated carbocycles. The largest absolute Gasteiger partial charge is 0.466 e. The highest BCUT2D eigenvalue weighted by atomic mass is 16.5. The zero-order chi connectivity index (χ0) is 23.5. The number of benzene rings is 2. The molecule has 0 spiro atoms. The number of fused-ring (bicyclic) bond motifs is 4. The Kier molecular flexibility index (Phi) is 6.93. The first-order valence-electron chi connectivity index (χ1n) is 12.4. The first kappa shape index (κ1) is 23.0. The number of carbonyl (C=O) groups is 2. The number of esters is 1. The van der Waals surface area contributed by atoms with Crippen LogP contribution in [0.3, 0.4) is 0 Å². The number of hydrogen-bond donors (Lipinski definition) is 0. The Morgan fingerprint density at radius 3 is 1.68 bits per heavy atom. The van der Waals surface area contributed by atoms with Crippen LogP contribution in [0.1, 0.15) is 24.0 Å². The number of methoxy groups -OCH3 is 1. The summed E-state index contributed by atoms with van der Waals surface area (Å²) in [6.45, 7) is 6.09. The van der Waals surface area contributed by atoms with E-state index in [2.05, 4.69) is 58.3 Å². The van der Waals surface area contributed by atoms with Crippen LogP contribution in [0.25, 0.3) is 0 Å². The first-order chi connectivity index (χ1) is 16.6. The van der Waals surface area contributed by atoms with Crippen molar-refractivity contribution in [2.24, 2.45) is 23.7 Å². The van der Waals surface area contributed by atoms with Gasteiger partial charge in [0, 0.05) is 57.2 Å². The van der Waals surface area contributed by atoms with E-state index in [1.165, 1.54) is 30.2 Å². The maximum Gasteiger partial charge on any atom is 0.330 e. The van der Waals surface area contributed by atoms with Gasteiger partial charge in [-0.05, 0) is 35.8 Å². The molecule has 6 aliphatic rings. The minimum atomic E-state index is -0.207. The van der Waals surface area contributed by atoms with Gasteiger partial charge in [-0.3, -0.25) is 14.6 Å². The zero-order valence-corrected chi connectivity index (χ0v) is 19.9. The molecule has 4 aliphatic heterocycles. The molecule has 0 aromatic heterocycles. The number of piperidine rings is 4. The van der Waals surface area contributed by atoms with Crippen LogP contribution in [0.4, 0.5) is 0 Å². The van der Waals surface area contributed by atoms with Crippen LogP contribution in [-0.2, 0) is 27.4 Å².